The van der Waals surface area contributed by atoms with Crippen LogP contribution < -0.4 is 11.5 Å². The van der Waals surface area contributed by atoms with E-state index < -0.39 is 17.6 Å². The van der Waals surface area contributed by atoms with Gasteiger partial charge in [-0.15, -0.1) is 0 Å². The molecule has 0 atom stereocenters. The maximum absolute atomic E-state index is 12.0. The third-order valence-electron chi connectivity index (χ3n) is 1.14. The van der Waals surface area contributed by atoms with Gasteiger partial charge < -0.3 is 11.5 Å². The van der Waals surface area contributed by atoms with Gasteiger partial charge in [-0.05, 0) is 0 Å². The van der Waals surface area contributed by atoms with Crippen molar-refractivity contribution >= 4 is 11.8 Å². The van der Waals surface area contributed by atoms with Crippen molar-refractivity contribution in [3.05, 3.63) is 11.8 Å². The second-order valence-electron chi connectivity index (χ2n) is 2.02. The highest BCUT2D eigenvalue weighted by molar-refractivity contribution is 5.42. The monoisotopic (exact) mass is 178 g/mol. The van der Waals surface area contributed by atoms with E-state index in [9.17, 15) is 13.2 Å². The average molecular weight is 178 g/mol. The minimum absolute atomic E-state index is 0.277. The van der Waals surface area contributed by atoms with Crippen LogP contribution in [0.2, 0.25) is 0 Å². The molecule has 0 fully saturated rings. The molecule has 12 heavy (non-hydrogen) atoms. The predicted octanol–water partition coefficient (Wildman–Crippen LogP) is 0.660. The number of hydrogen-bond donors (Lipinski definition) is 2. The molecule has 7 heteroatoms. The summed E-state index contributed by atoms with van der Waals surface area (Å²) in [6, 6.07) is 0. The molecule has 1 heterocycles. The molecule has 66 valence electrons. The maximum atomic E-state index is 12.0. The van der Waals surface area contributed by atoms with E-state index >= 15 is 0 Å². The van der Waals surface area contributed by atoms with E-state index in [4.69, 9.17) is 11.5 Å². The molecule has 0 saturated heterocycles. The molecule has 1 aromatic heterocycles. The van der Waals surface area contributed by atoms with Gasteiger partial charge in [0.05, 0.1) is 0 Å². The summed E-state index contributed by atoms with van der Waals surface area (Å²) in [5, 5.41) is 0. The topological polar surface area (TPSA) is 77.8 Å². The minimum Gasteiger partial charge on any atom is -0.383 e. The van der Waals surface area contributed by atoms with E-state index in [1.807, 2.05) is 0 Å². The number of anilines is 2. The van der Waals surface area contributed by atoms with Gasteiger partial charge >= 0.3 is 6.18 Å². The molecule has 0 aliphatic rings. The number of nitrogens with zero attached hydrogens (tertiary/aromatic N) is 2. The normalized spacial score (nSPS) is 11.6. The molecule has 1 rings (SSSR count). The summed E-state index contributed by atoms with van der Waals surface area (Å²) in [6.45, 7) is 0. The van der Waals surface area contributed by atoms with Crippen LogP contribution in [0.25, 0.3) is 0 Å². The number of nitrogen functional groups attached to an aromatic ring is 2. The van der Waals surface area contributed by atoms with Crippen molar-refractivity contribution < 1.29 is 13.2 Å². The van der Waals surface area contributed by atoms with Crippen LogP contribution in [0.5, 0.6) is 0 Å². The van der Waals surface area contributed by atoms with Crippen molar-refractivity contribution in [1.29, 1.82) is 0 Å². The fourth-order valence-corrected chi connectivity index (χ4v) is 0.628. The summed E-state index contributed by atoms with van der Waals surface area (Å²) in [4.78, 5) is 6.34. The van der Waals surface area contributed by atoms with Crippen LogP contribution in [0.15, 0.2) is 6.20 Å². The maximum Gasteiger partial charge on any atom is 0.421 e. The van der Waals surface area contributed by atoms with Gasteiger partial charge in [-0.2, -0.15) is 18.2 Å². The van der Waals surface area contributed by atoms with Gasteiger partial charge in [-0.1, -0.05) is 0 Å². The van der Waals surface area contributed by atoms with E-state index in [1.54, 1.807) is 0 Å². The Balaban J connectivity index is 3.19. The zero-order valence-corrected chi connectivity index (χ0v) is 5.76. The van der Waals surface area contributed by atoms with Crippen molar-refractivity contribution in [2.75, 3.05) is 11.5 Å². The third-order valence-corrected chi connectivity index (χ3v) is 1.14. The standard InChI is InChI=1S/C5H5F3N4/c6-5(7,8)2-1-11-4(10)12-3(2)9/h1H,(H4,9,10,11,12). The first kappa shape index (κ1) is 8.57. The first-order valence-electron chi connectivity index (χ1n) is 2.86. The summed E-state index contributed by atoms with van der Waals surface area (Å²) in [6.07, 6.45) is -3.98. The molecule has 0 spiro atoms. The molecule has 0 aliphatic heterocycles. The lowest BCUT2D eigenvalue weighted by Gasteiger charge is -2.07. The first-order chi connectivity index (χ1) is 5.41. The lowest BCUT2D eigenvalue weighted by molar-refractivity contribution is -0.137. The Morgan fingerprint density at radius 2 is 1.83 bits per heavy atom. The summed E-state index contributed by atoms with van der Waals surface area (Å²) in [5.74, 6) is -0.935. The van der Waals surface area contributed by atoms with Crippen LogP contribution in [0.4, 0.5) is 24.9 Å². The fraction of sp³-hybridized carbons (Fsp3) is 0.200. The van der Waals surface area contributed by atoms with Gasteiger partial charge in [0.1, 0.15) is 11.4 Å². The van der Waals surface area contributed by atoms with Crippen LogP contribution in [-0.2, 0) is 6.18 Å². The van der Waals surface area contributed by atoms with Gasteiger partial charge in [-0.25, -0.2) is 4.98 Å². The van der Waals surface area contributed by atoms with E-state index in [2.05, 4.69) is 9.97 Å². The lowest BCUT2D eigenvalue weighted by atomic mass is 10.3. The molecule has 1 aromatic rings. The van der Waals surface area contributed by atoms with Gasteiger partial charge in [0.25, 0.3) is 0 Å². The van der Waals surface area contributed by atoms with Crippen LogP contribution in [0, 0.1) is 0 Å². The Morgan fingerprint density at radius 1 is 1.25 bits per heavy atom. The lowest BCUT2D eigenvalue weighted by Crippen LogP contribution is -2.12. The summed E-state index contributed by atoms with van der Waals surface area (Å²) < 4.78 is 35.9. The van der Waals surface area contributed by atoms with Gasteiger partial charge in [0.15, 0.2) is 0 Å². The zero-order valence-electron chi connectivity index (χ0n) is 5.76. The predicted molar refractivity (Wildman–Crippen MR) is 35.9 cm³/mol. The Kier molecular flexibility index (Phi) is 1.79. The van der Waals surface area contributed by atoms with Crippen LogP contribution in [0.3, 0.4) is 0 Å². The van der Waals surface area contributed by atoms with Crippen molar-refractivity contribution in [2.45, 2.75) is 6.18 Å². The Morgan fingerprint density at radius 3 is 2.25 bits per heavy atom. The van der Waals surface area contributed by atoms with Gasteiger partial charge in [-0.3, -0.25) is 0 Å². The molecule has 0 radical (unpaired) electrons. The molecule has 0 aromatic carbocycles. The number of aromatic nitrogens is 2. The second kappa shape index (κ2) is 2.50. The van der Waals surface area contributed by atoms with Crippen LogP contribution in [0.1, 0.15) is 5.56 Å². The van der Waals surface area contributed by atoms with E-state index in [1.165, 1.54) is 0 Å². The molecule has 0 unspecified atom stereocenters. The van der Waals surface area contributed by atoms with Gasteiger partial charge in [0, 0.05) is 6.20 Å². The molecule has 4 nitrogen and oxygen atoms in total. The second-order valence-corrected chi connectivity index (χ2v) is 2.02. The number of halogens is 3. The SMILES string of the molecule is Nc1ncc(C(F)(F)F)c(N)n1. The molecule has 0 amide bonds. The van der Waals surface area contributed by atoms with Crippen LogP contribution >= 0.6 is 0 Å². The summed E-state index contributed by atoms with van der Waals surface area (Å²) in [5.41, 5.74) is 8.89. The van der Waals surface area contributed by atoms with E-state index in [0.717, 1.165) is 0 Å². The van der Waals surface area contributed by atoms with Crippen molar-refractivity contribution in [1.82, 2.24) is 9.97 Å². The summed E-state index contributed by atoms with van der Waals surface area (Å²) >= 11 is 0. The highest BCUT2D eigenvalue weighted by Gasteiger charge is 2.34. The highest BCUT2D eigenvalue weighted by atomic mass is 19.4. The van der Waals surface area contributed by atoms with E-state index in [0.29, 0.717) is 6.20 Å². The average Bonchev–Trinajstić information content (AvgIpc) is 1.83. The first-order valence-corrected chi connectivity index (χ1v) is 2.86. The minimum atomic E-state index is -4.53. The number of nitrogens with two attached hydrogens (primary N) is 2. The van der Waals surface area contributed by atoms with Crippen molar-refractivity contribution in [2.24, 2.45) is 0 Å². The highest BCUT2D eigenvalue weighted by Crippen LogP contribution is 2.31. The Labute approximate surface area is 65.4 Å². The molecular weight excluding hydrogens is 173 g/mol. The number of rotatable bonds is 0. The molecule has 0 bridgehead atoms. The molecule has 0 aliphatic carbocycles. The molecule has 0 saturated carbocycles. The van der Waals surface area contributed by atoms with Crippen LogP contribution in [-0.4, -0.2) is 9.97 Å². The van der Waals surface area contributed by atoms with Crippen molar-refractivity contribution in [3.63, 3.8) is 0 Å². The quantitative estimate of drug-likeness (QED) is 0.611. The third kappa shape index (κ3) is 1.55. The Hall–Kier alpha value is -1.53. The summed E-state index contributed by atoms with van der Waals surface area (Å²) in [7, 11) is 0. The largest absolute Gasteiger partial charge is 0.421 e. The van der Waals surface area contributed by atoms with Crippen molar-refractivity contribution in [3.8, 4) is 0 Å². The number of hydrogen-bond acceptors (Lipinski definition) is 4. The Bertz CT molecular complexity index is 295. The van der Waals surface area contributed by atoms with E-state index in [-0.39, 0.29) is 5.95 Å². The molecule has 4 N–H and O–H groups in total. The molecular formula is C5H5F3N4. The smallest absolute Gasteiger partial charge is 0.383 e. The fourth-order valence-electron chi connectivity index (χ4n) is 0.628. The number of alkyl halides is 3. The zero-order chi connectivity index (χ0) is 9.35. The van der Waals surface area contributed by atoms with Gasteiger partial charge in [0.2, 0.25) is 5.95 Å².